The molecule has 0 N–H and O–H groups in total. The molecule has 0 atom stereocenters. The van der Waals surface area contributed by atoms with E-state index in [4.69, 9.17) is 5.26 Å². The van der Waals surface area contributed by atoms with E-state index >= 15 is 0 Å². The summed E-state index contributed by atoms with van der Waals surface area (Å²) in [5, 5.41) is 19.8. The van der Waals surface area contributed by atoms with E-state index < -0.39 is 4.92 Å². The number of nitrogens with zero attached hydrogens (tertiary/aromatic N) is 3. The van der Waals surface area contributed by atoms with Gasteiger partial charge in [-0.25, -0.2) is 0 Å². The zero-order valence-electron chi connectivity index (χ0n) is 9.04. The van der Waals surface area contributed by atoms with Crippen molar-refractivity contribution < 1.29 is 4.92 Å². The Kier molecular flexibility index (Phi) is 3.62. The van der Waals surface area contributed by atoms with Crippen molar-refractivity contribution in [2.24, 2.45) is 0 Å². The van der Waals surface area contributed by atoms with Crippen LogP contribution >= 0.6 is 0 Å². The number of nitro groups is 1. The van der Waals surface area contributed by atoms with Gasteiger partial charge in [0.2, 0.25) is 0 Å². The average Bonchev–Trinajstić information content (AvgIpc) is 2.25. The van der Waals surface area contributed by atoms with E-state index in [1.165, 1.54) is 6.07 Å². The molecule has 0 bridgehead atoms. The Balaban J connectivity index is 3.32. The van der Waals surface area contributed by atoms with Gasteiger partial charge in [-0.05, 0) is 6.07 Å². The van der Waals surface area contributed by atoms with Gasteiger partial charge in [-0.15, -0.1) is 0 Å². The Bertz CT molecular complexity index is 472. The summed E-state index contributed by atoms with van der Waals surface area (Å²) in [7, 11) is 3.51. The average molecular weight is 217 g/mol. The van der Waals surface area contributed by atoms with E-state index in [-0.39, 0.29) is 11.3 Å². The van der Waals surface area contributed by atoms with Crippen LogP contribution in [-0.2, 0) is 0 Å². The molecule has 0 amide bonds. The van der Waals surface area contributed by atoms with Gasteiger partial charge >= 0.3 is 0 Å². The largest absolute Gasteiger partial charge is 0.382 e. The Morgan fingerprint density at radius 1 is 1.50 bits per heavy atom. The molecule has 0 heterocycles. The van der Waals surface area contributed by atoms with Crippen LogP contribution in [0.15, 0.2) is 30.5 Å². The summed E-state index contributed by atoms with van der Waals surface area (Å²) in [5.74, 6) is 0. The molecule has 0 aliphatic rings. The number of rotatable bonds is 3. The fraction of sp³-hybridized carbons (Fsp3) is 0.182. The van der Waals surface area contributed by atoms with E-state index in [1.54, 1.807) is 43.4 Å². The molecular weight excluding hydrogens is 206 g/mol. The zero-order valence-corrected chi connectivity index (χ0v) is 9.04. The van der Waals surface area contributed by atoms with Gasteiger partial charge < -0.3 is 4.90 Å². The van der Waals surface area contributed by atoms with Crippen LogP contribution in [0.5, 0.6) is 0 Å². The maximum absolute atomic E-state index is 10.8. The van der Waals surface area contributed by atoms with Crippen molar-refractivity contribution in [1.82, 2.24) is 4.90 Å². The number of nitro benzene ring substituents is 1. The Labute approximate surface area is 93.4 Å². The molecule has 0 aliphatic heterocycles. The normalized spacial score (nSPS) is 10.7. The van der Waals surface area contributed by atoms with Crippen LogP contribution in [0.3, 0.4) is 0 Å². The van der Waals surface area contributed by atoms with Crippen molar-refractivity contribution in [3.8, 4) is 6.07 Å². The molecular formula is C11H11N3O2. The Hall–Kier alpha value is -2.35. The number of benzene rings is 1. The number of hydrogen-bond donors (Lipinski definition) is 0. The molecule has 5 heteroatoms. The number of hydrogen-bond acceptors (Lipinski definition) is 4. The highest BCUT2D eigenvalue weighted by molar-refractivity contribution is 5.81. The molecule has 0 aliphatic carbocycles. The molecule has 16 heavy (non-hydrogen) atoms. The van der Waals surface area contributed by atoms with Crippen molar-refractivity contribution >= 4 is 11.3 Å². The summed E-state index contributed by atoms with van der Waals surface area (Å²) < 4.78 is 0. The minimum atomic E-state index is -0.490. The van der Waals surface area contributed by atoms with Crippen molar-refractivity contribution in [3.63, 3.8) is 0 Å². The summed E-state index contributed by atoms with van der Waals surface area (Å²) in [6.45, 7) is 0. The topological polar surface area (TPSA) is 70.2 Å². The molecule has 0 radical (unpaired) electrons. The highest BCUT2D eigenvalue weighted by Crippen LogP contribution is 2.25. The van der Waals surface area contributed by atoms with Crippen LogP contribution in [-0.4, -0.2) is 23.9 Å². The summed E-state index contributed by atoms with van der Waals surface area (Å²) in [5.41, 5.74) is 0.554. The standard InChI is InChI=1S/C11H11N3O2/c1-13(2)8-9(7-12)10-5-3-4-6-11(10)14(15)16/h3-6,8H,1-2H3. The van der Waals surface area contributed by atoms with E-state index in [0.717, 1.165) is 0 Å². The van der Waals surface area contributed by atoms with E-state index in [2.05, 4.69) is 0 Å². The van der Waals surface area contributed by atoms with Gasteiger partial charge in [0, 0.05) is 26.4 Å². The van der Waals surface area contributed by atoms with Gasteiger partial charge in [-0.2, -0.15) is 5.26 Å². The van der Waals surface area contributed by atoms with Crippen molar-refractivity contribution in [2.75, 3.05) is 14.1 Å². The third-order valence-electron chi connectivity index (χ3n) is 1.90. The van der Waals surface area contributed by atoms with Crippen molar-refractivity contribution in [1.29, 1.82) is 5.26 Å². The third-order valence-corrected chi connectivity index (χ3v) is 1.90. The summed E-state index contributed by atoms with van der Waals surface area (Å²) >= 11 is 0. The zero-order chi connectivity index (χ0) is 12.1. The minimum Gasteiger partial charge on any atom is -0.382 e. The third kappa shape index (κ3) is 2.58. The number of allylic oxidation sites excluding steroid dienone is 1. The Morgan fingerprint density at radius 3 is 2.62 bits per heavy atom. The predicted octanol–water partition coefficient (Wildman–Crippen LogP) is 2.02. The van der Waals surface area contributed by atoms with Gasteiger partial charge in [-0.3, -0.25) is 10.1 Å². The maximum atomic E-state index is 10.8. The van der Waals surface area contributed by atoms with Gasteiger partial charge in [0.25, 0.3) is 5.69 Å². The monoisotopic (exact) mass is 217 g/mol. The lowest BCUT2D eigenvalue weighted by molar-refractivity contribution is -0.385. The lowest BCUT2D eigenvalue weighted by Gasteiger charge is -2.06. The smallest absolute Gasteiger partial charge is 0.277 e. The molecule has 1 rings (SSSR count). The van der Waals surface area contributed by atoms with Crippen LogP contribution in [0, 0.1) is 21.4 Å². The quantitative estimate of drug-likeness (QED) is 0.441. The first-order valence-electron chi connectivity index (χ1n) is 4.58. The maximum Gasteiger partial charge on any atom is 0.277 e. The number of nitriles is 1. The van der Waals surface area contributed by atoms with Gasteiger partial charge in [0.15, 0.2) is 0 Å². The molecule has 0 unspecified atom stereocenters. The molecule has 5 nitrogen and oxygen atoms in total. The van der Waals surface area contributed by atoms with Crippen molar-refractivity contribution in [3.05, 3.63) is 46.1 Å². The molecule has 0 spiro atoms. The summed E-state index contributed by atoms with van der Waals surface area (Å²) in [6.07, 6.45) is 1.56. The Morgan fingerprint density at radius 2 is 2.12 bits per heavy atom. The predicted molar refractivity (Wildman–Crippen MR) is 60.4 cm³/mol. The van der Waals surface area contributed by atoms with Gasteiger partial charge in [-0.1, -0.05) is 12.1 Å². The second-order valence-corrected chi connectivity index (χ2v) is 3.39. The van der Waals surface area contributed by atoms with E-state index in [1.807, 2.05) is 6.07 Å². The van der Waals surface area contributed by atoms with E-state index in [9.17, 15) is 10.1 Å². The van der Waals surface area contributed by atoms with E-state index in [0.29, 0.717) is 5.56 Å². The van der Waals surface area contributed by atoms with Crippen LogP contribution < -0.4 is 0 Å². The minimum absolute atomic E-state index is 0.0582. The molecule has 0 saturated carbocycles. The first-order chi connectivity index (χ1) is 7.56. The second kappa shape index (κ2) is 4.94. The lowest BCUT2D eigenvalue weighted by atomic mass is 10.1. The fourth-order valence-electron chi connectivity index (χ4n) is 1.28. The van der Waals surface area contributed by atoms with Crippen LogP contribution in [0.4, 0.5) is 5.69 Å². The van der Waals surface area contributed by atoms with Gasteiger partial charge in [0.1, 0.15) is 6.07 Å². The molecule has 1 aromatic carbocycles. The highest BCUT2D eigenvalue weighted by Gasteiger charge is 2.15. The second-order valence-electron chi connectivity index (χ2n) is 3.39. The highest BCUT2D eigenvalue weighted by atomic mass is 16.6. The number of para-hydroxylation sites is 1. The van der Waals surface area contributed by atoms with Gasteiger partial charge in [0.05, 0.1) is 16.1 Å². The fourth-order valence-corrected chi connectivity index (χ4v) is 1.28. The summed E-state index contributed by atoms with van der Waals surface area (Å²) in [4.78, 5) is 12.0. The van der Waals surface area contributed by atoms with Crippen LogP contribution in [0.25, 0.3) is 5.57 Å². The molecule has 1 aromatic rings. The summed E-state index contributed by atoms with van der Waals surface area (Å²) in [6, 6.07) is 8.16. The van der Waals surface area contributed by atoms with Crippen LogP contribution in [0.1, 0.15) is 5.56 Å². The molecule has 82 valence electrons. The van der Waals surface area contributed by atoms with Crippen LogP contribution in [0.2, 0.25) is 0 Å². The lowest BCUT2D eigenvalue weighted by Crippen LogP contribution is -2.03. The first-order valence-corrected chi connectivity index (χ1v) is 4.58. The first kappa shape index (κ1) is 11.7. The van der Waals surface area contributed by atoms with Crippen molar-refractivity contribution in [2.45, 2.75) is 0 Å². The molecule has 0 saturated heterocycles. The molecule has 0 aromatic heterocycles. The SMILES string of the molecule is CN(C)C=C(C#N)c1ccccc1[N+](=O)[O-]. The molecule has 0 fully saturated rings.